The number of fused-ring (bicyclic) bond motifs is 1. The first kappa shape index (κ1) is 10.1. The van der Waals surface area contributed by atoms with E-state index in [1.807, 2.05) is 17.7 Å². The van der Waals surface area contributed by atoms with Crippen molar-refractivity contribution in [3.05, 3.63) is 24.3 Å². The first-order chi connectivity index (χ1) is 7.24. The third kappa shape index (κ3) is 1.71. The van der Waals surface area contributed by atoms with Crippen molar-refractivity contribution in [2.24, 2.45) is 12.8 Å². The van der Waals surface area contributed by atoms with Crippen molar-refractivity contribution in [1.82, 2.24) is 14.5 Å². The maximum Gasteiger partial charge on any atom is 0.129 e. The molecular formula is C10H14N4O. The van der Waals surface area contributed by atoms with Crippen LogP contribution in [-0.2, 0) is 11.8 Å². The molecule has 0 aliphatic heterocycles. The van der Waals surface area contributed by atoms with Crippen molar-refractivity contribution >= 4 is 11.0 Å². The number of pyridine rings is 1. The van der Waals surface area contributed by atoms with Gasteiger partial charge in [-0.25, -0.2) is 4.98 Å². The van der Waals surface area contributed by atoms with Gasteiger partial charge in [0.15, 0.2) is 0 Å². The van der Waals surface area contributed by atoms with Gasteiger partial charge in [0.05, 0.1) is 24.4 Å². The highest BCUT2D eigenvalue weighted by Gasteiger charge is 2.14. The summed E-state index contributed by atoms with van der Waals surface area (Å²) in [6.45, 7) is 0.463. The van der Waals surface area contributed by atoms with Crippen LogP contribution in [0.15, 0.2) is 18.5 Å². The van der Waals surface area contributed by atoms with Crippen molar-refractivity contribution in [3.8, 4) is 0 Å². The maximum atomic E-state index is 5.94. The molecule has 2 heterocycles. The average molecular weight is 206 g/mol. The van der Waals surface area contributed by atoms with E-state index in [-0.39, 0.29) is 6.04 Å². The molecule has 2 N–H and O–H groups in total. The third-order valence-electron chi connectivity index (χ3n) is 2.40. The molecule has 2 aromatic heterocycles. The number of hydrogen-bond donors (Lipinski definition) is 1. The summed E-state index contributed by atoms with van der Waals surface area (Å²) in [5, 5.41) is 0. The zero-order valence-corrected chi connectivity index (χ0v) is 8.84. The Morgan fingerprint density at radius 3 is 3.07 bits per heavy atom. The summed E-state index contributed by atoms with van der Waals surface area (Å²) in [5.74, 6) is 0.819. The minimum Gasteiger partial charge on any atom is -0.383 e. The molecule has 0 saturated carbocycles. The predicted molar refractivity (Wildman–Crippen MR) is 57.3 cm³/mol. The number of ether oxygens (including phenoxy) is 1. The number of methoxy groups -OCH3 is 1. The largest absolute Gasteiger partial charge is 0.383 e. The van der Waals surface area contributed by atoms with Crippen LogP contribution >= 0.6 is 0 Å². The Hall–Kier alpha value is -1.46. The first-order valence-electron chi connectivity index (χ1n) is 4.75. The van der Waals surface area contributed by atoms with Gasteiger partial charge in [0, 0.05) is 20.4 Å². The smallest absolute Gasteiger partial charge is 0.129 e. The summed E-state index contributed by atoms with van der Waals surface area (Å²) in [7, 11) is 3.57. The molecular weight excluding hydrogens is 192 g/mol. The predicted octanol–water partition coefficient (Wildman–Crippen LogP) is 0.614. The van der Waals surface area contributed by atoms with E-state index in [4.69, 9.17) is 10.5 Å². The van der Waals surface area contributed by atoms with Crippen LogP contribution in [0.25, 0.3) is 11.0 Å². The van der Waals surface area contributed by atoms with E-state index < -0.39 is 0 Å². The highest BCUT2D eigenvalue weighted by atomic mass is 16.5. The summed E-state index contributed by atoms with van der Waals surface area (Å²) in [5.41, 5.74) is 7.84. The second kappa shape index (κ2) is 3.96. The van der Waals surface area contributed by atoms with E-state index in [2.05, 4.69) is 9.97 Å². The molecule has 5 heteroatoms. The zero-order chi connectivity index (χ0) is 10.8. The molecule has 2 rings (SSSR count). The molecule has 15 heavy (non-hydrogen) atoms. The Balaban J connectivity index is 2.48. The molecule has 0 aliphatic rings. The number of aromatic nitrogens is 3. The number of aryl methyl sites for hydroxylation is 1. The molecule has 0 radical (unpaired) electrons. The zero-order valence-electron chi connectivity index (χ0n) is 8.84. The molecule has 0 saturated heterocycles. The van der Waals surface area contributed by atoms with Gasteiger partial charge >= 0.3 is 0 Å². The molecule has 1 unspecified atom stereocenters. The normalized spacial score (nSPS) is 13.3. The van der Waals surface area contributed by atoms with Crippen LogP contribution in [0.1, 0.15) is 11.9 Å². The van der Waals surface area contributed by atoms with Crippen molar-refractivity contribution in [2.75, 3.05) is 13.7 Å². The molecule has 2 aromatic rings. The summed E-state index contributed by atoms with van der Waals surface area (Å²) in [6.07, 6.45) is 3.48. The summed E-state index contributed by atoms with van der Waals surface area (Å²) >= 11 is 0. The Kier molecular flexibility index (Phi) is 2.66. The number of hydrogen-bond acceptors (Lipinski definition) is 4. The van der Waals surface area contributed by atoms with Crippen LogP contribution < -0.4 is 5.73 Å². The quantitative estimate of drug-likeness (QED) is 0.799. The fourth-order valence-electron chi connectivity index (χ4n) is 1.66. The lowest BCUT2D eigenvalue weighted by atomic mass is 10.3. The minimum absolute atomic E-state index is 0.201. The van der Waals surface area contributed by atoms with Gasteiger partial charge in [-0.3, -0.25) is 4.98 Å². The highest BCUT2D eigenvalue weighted by molar-refractivity contribution is 5.74. The van der Waals surface area contributed by atoms with Gasteiger partial charge in [-0.15, -0.1) is 0 Å². The van der Waals surface area contributed by atoms with E-state index in [1.165, 1.54) is 0 Å². The van der Waals surface area contributed by atoms with Gasteiger partial charge in [-0.05, 0) is 6.07 Å². The van der Waals surface area contributed by atoms with E-state index in [0.717, 1.165) is 16.9 Å². The Bertz CT molecular complexity index is 465. The monoisotopic (exact) mass is 206 g/mol. The fraction of sp³-hybridized carbons (Fsp3) is 0.400. The molecule has 0 aromatic carbocycles. The van der Waals surface area contributed by atoms with Gasteiger partial charge in [0.25, 0.3) is 0 Å². The number of nitrogens with zero attached hydrogens (tertiary/aromatic N) is 3. The van der Waals surface area contributed by atoms with Crippen LogP contribution in [0, 0.1) is 0 Å². The van der Waals surface area contributed by atoms with Gasteiger partial charge in [0.2, 0.25) is 0 Å². The molecule has 0 fully saturated rings. The van der Waals surface area contributed by atoms with Crippen molar-refractivity contribution < 1.29 is 4.74 Å². The number of nitrogens with two attached hydrogens (primary N) is 1. The van der Waals surface area contributed by atoms with Crippen molar-refractivity contribution in [3.63, 3.8) is 0 Å². The van der Waals surface area contributed by atoms with Crippen LogP contribution in [0.4, 0.5) is 0 Å². The van der Waals surface area contributed by atoms with Gasteiger partial charge in [0.1, 0.15) is 11.3 Å². The van der Waals surface area contributed by atoms with E-state index >= 15 is 0 Å². The fourth-order valence-corrected chi connectivity index (χ4v) is 1.66. The lowest BCUT2D eigenvalue weighted by molar-refractivity contribution is 0.177. The molecule has 1 atom stereocenters. The summed E-state index contributed by atoms with van der Waals surface area (Å²) in [6, 6.07) is 1.72. The SMILES string of the molecule is COCC(N)c1nc2cnccc2n1C. The second-order valence-electron chi connectivity index (χ2n) is 3.46. The highest BCUT2D eigenvalue weighted by Crippen LogP contribution is 2.17. The van der Waals surface area contributed by atoms with Crippen LogP contribution in [0.5, 0.6) is 0 Å². The van der Waals surface area contributed by atoms with Gasteiger partial charge in [-0.2, -0.15) is 0 Å². The topological polar surface area (TPSA) is 66.0 Å². The van der Waals surface area contributed by atoms with Crippen LogP contribution in [0.3, 0.4) is 0 Å². The molecule has 0 aliphatic carbocycles. The van der Waals surface area contributed by atoms with E-state index in [9.17, 15) is 0 Å². The lowest BCUT2D eigenvalue weighted by Gasteiger charge is -2.09. The standard InChI is InChI=1S/C10H14N4O/c1-14-9-3-4-12-5-8(9)13-10(14)7(11)6-15-2/h3-5,7H,6,11H2,1-2H3. The Morgan fingerprint density at radius 1 is 1.60 bits per heavy atom. The van der Waals surface area contributed by atoms with Crippen LogP contribution in [0.2, 0.25) is 0 Å². The van der Waals surface area contributed by atoms with Crippen LogP contribution in [-0.4, -0.2) is 28.3 Å². The Morgan fingerprint density at radius 2 is 2.40 bits per heavy atom. The summed E-state index contributed by atoms with van der Waals surface area (Å²) < 4.78 is 6.99. The molecule has 0 spiro atoms. The molecule has 0 amide bonds. The van der Waals surface area contributed by atoms with Crippen molar-refractivity contribution in [1.29, 1.82) is 0 Å². The average Bonchev–Trinajstić information content (AvgIpc) is 2.57. The third-order valence-corrected chi connectivity index (χ3v) is 2.40. The molecule has 80 valence electrons. The summed E-state index contributed by atoms with van der Waals surface area (Å²) in [4.78, 5) is 8.45. The van der Waals surface area contributed by atoms with Gasteiger partial charge in [-0.1, -0.05) is 0 Å². The van der Waals surface area contributed by atoms with Crippen molar-refractivity contribution in [2.45, 2.75) is 6.04 Å². The maximum absolute atomic E-state index is 5.94. The molecule has 5 nitrogen and oxygen atoms in total. The lowest BCUT2D eigenvalue weighted by Crippen LogP contribution is -2.20. The van der Waals surface area contributed by atoms with E-state index in [0.29, 0.717) is 6.61 Å². The second-order valence-corrected chi connectivity index (χ2v) is 3.46. The van der Waals surface area contributed by atoms with E-state index in [1.54, 1.807) is 19.5 Å². The number of imidazole rings is 1. The minimum atomic E-state index is -0.201. The molecule has 0 bridgehead atoms. The Labute approximate surface area is 87.9 Å². The van der Waals surface area contributed by atoms with Gasteiger partial charge < -0.3 is 15.0 Å². The first-order valence-corrected chi connectivity index (χ1v) is 4.75. The number of rotatable bonds is 3.